The van der Waals surface area contributed by atoms with E-state index in [1.54, 1.807) is 26.0 Å². The van der Waals surface area contributed by atoms with Crippen LogP contribution in [0.1, 0.15) is 38.2 Å². The number of ether oxygens (including phenoxy) is 1. The summed E-state index contributed by atoms with van der Waals surface area (Å²) >= 11 is 4.75. The van der Waals surface area contributed by atoms with Crippen molar-refractivity contribution in [3.8, 4) is 0 Å². The highest BCUT2D eigenvalue weighted by Crippen LogP contribution is 2.27. The van der Waals surface area contributed by atoms with Gasteiger partial charge >= 0.3 is 5.97 Å². The molecule has 0 aliphatic rings. The first-order valence-electron chi connectivity index (χ1n) is 7.10. The number of esters is 1. The van der Waals surface area contributed by atoms with Gasteiger partial charge in [0.1, 0.15) is 0 Å². The third-order valence-corrected chi connectivity index (χ3v) is 5.20. The van der Waals surface area contributed by atoms with Crippen LogP contribution in [-0.4, -0.2) is 22.8 Å². The number of fused-ring (bicyclic) bond motifs is 1. The number of nitrogens with zero attached hydrogens (tertiary/aromatic N) is 1. The molecular weight excluding hydrogens is 378 g/mol. The van der Waals surface area contributed by atoms with Crippen LogP contribution < -0.4 is 0 Å². The number of aromatic nitrogens is 1. The summed E-state index contributed by atoms with van der Waals surface area (Å²) in [5, 5.41) is 0. The SMILES string of the molecule is CCOC(=O)c1cc2cccn2c(C(=O)c2ccc(Br)s2)c1C. The topological polar surface area (TPSA) is 47.8 Å². The second-order valence-electron chi connectivity index (χ2n) is 4.99. The molecule has 3 heterocycles. The molecule has 3 aromatic heterocycles. The summed E-state index contributed by atoms with van der Waals surface area (Å²) in [6.45, 7) is 3.84. The molecule has 0 saturated carbocycles. The Labute approximate surface area is 145 Å². The number of halogens is 1. The largest absolute Gasteiger partial charge is 0.462 e. The Morgan fingerprint density at radius 3 is 2.74 bits per heavy atom. The first kappa shape index (κ1) is 16.0. The predicted octanol–water partition coefficient (Wildman–Crippen LogP) is 4.48. The molecule has 23 heavy (non-hydrogen) atoms. The van der Waals surface area contributed by atoms with E-state index >= 15 is 0 Å². The molecule has 0 radical (unpaired) electrons. The Hall–Kier alpha value is -1.92. The van der Waals surface area contributed by atoms with Gasteiger partial charge in [0.25, 0.3) is 0 Å². The highest BCUT2D eigenvalue weighted by atomic mass is 79.9. The minimum absolute atomic E-state index is 0.106. The van der Waals surface area contributed by atoms with Crippen LogP contribution in [0.5, 0.6) is 0 Å². The molecule has 0 spiro atoms. The molecule has 0 aliphatic heterocycles. The summed E-state index contributed by atoms with van der Waals surface area (Å²) in [4.78, 5) is 25.8. The maximum atomic E-state index is 12.9. The molecule has 0 amide bonds. The van der Waals surface area contributed by atoms with Crippen molar-refractivity contribution >= 4 is 44.5 Å². The van der Waals surface area contributed by atoms with Crippen LogP contribution in [0.15, 0.2) is 40.3 Å². The standard InChI is InChI=1S/C17H14BrNO3S/c1-3-22-17(21)12-9-11-5-4-8-19(11)15(10(12)2)16(20)13-6-7-14(18)23-13/h4-9H,3H2,1-2H3. The zero-order valence-corrected chi connectivity index (χ0v) is 15.0. The van der Waals surface area contributed by atoms with E-state index in [2.05, 4.69) is 15.9 Å². The highest BCUT2D eigenvalue weighted by Gasteiger charge is 2.22. The van der Waals surface area contributed by atoms with Crippen LogP contribution in [-0.2, 0) is 4.74 Å². The lowest BCUT2D eigenvalue weighted by Gasteiger charge is -2.13. The fourth-order valence-electron chi connectivity index (χ4n) is 2.53. The van der Waals surface area contributed by atoms with Crippen molar-refractivity contribution in [3.63, 3.8) is 0 Å². The lowest BCUT2D eigenvalue weighted by molar-refractivity contribution is 0.0525. The Kier molecular flexibility index (Phi) is 4.37. The summed E-state index contributed by atoms with van der Waals surface area (Å²) in [6, 6.07) is 9.10. The molecule has 0 unspecified atom stereocenters. The number of pyridine rings is 1. The van der Waals surface area contributed by atoms with Gasteiger partial charge in [-0.1, -0.05) is 0 Å². The van der Waals surface area contributed by atoms with Crippen molar-refractivity contribution in [1.29, 1.82) is 0 Å². The lowest BCUT2D eigenvalue weighted by Crippen LogP contribution is -2.14. The van der Waals surface area contributed by atoms with E-state index in [0.717, 1.165) is 9.30 Å². The van der Waals surface area contributed by atoms with Gasteiger partial charge in [0.2, 0.25) is 5.78 Å². The summed E-state index contributed by atoms with van der Waals surface area (Å²) in [6.07, 6.45) is 1.83. The van der Waals surface area contributed by atoms with Gasteiger partial charge in [0, 0.05) is 11.7 Å². The highest BCUT2D eigenvalue weighted by molar-refractivity contribution is 9.11. The second kappa shape index (κ2) is 6.29. The van der Waals surface area contributed by atoms with Crippen molar-refractivity contribution in [2.24, 2.45) is 0 Å². The van der Waals surface area contributed by atoms with E-state index in [9.17, 15) is 9.59 Å². The van der Waals surface area contributed by atoms with E-state index in [4.69, 9.17) is 4.74 Å². The molecule has 0 bridgehead atoms. The van der Waals surface area contributed by atoms with Gasteiger partial charge in [-0.05, 0) is 65.7 Å². The third kappa shape index (κ3) is 2.84. The molecule has 118 valence electrons. The van der Waals surface area contributed by atoms with Gasteiger partial charge in [-0.15, -0.1) is 11.3 Å². The summed E-state index contributed by atoms with van der Waals surface area (Å²) in [5.41, 5.74) is 2.33. The molecule has 0 fully saturated rings. The van der Waals surface area contributed by atoms with Crippen LogP contribution in [0, 0.1) is 6.92 Å². The minimum atomic E-state index is -0.407. The second-order valence-corrected chi connectivity index (χ2v) is 7.45. The zero-order chi connectivity index (χ0) is 16.6. The fourth-order valence-corrected chi connectivity index (χ4v) is 3.86. The zero-order valence-electron chi connectivity index (χ0n) is 12.6. The van der Waals surface area contributed by atoms with Gasteiger partial charge in [-0.2, -0.15) is 0 Å². The Morgan fingerprint density at radius 1 is 1.30 bits per heavy atom. The number of carbonyl (C=O) groups is 2. The Balaban J connectivity index is 2.22. The average Bonchev–Trinajstić information content (AvgIpc) is 3.14. The van der Waals surface area contributed by atoms with E-state index in [1.807, 2.05) is 28.8 Å². The van der Waals surface area contributed by atoms with Crippen molar-refractivity contribution in [2.45, 2.75) is 13.8 Å². The van der Waals surface area contributed by atoms with Crippen LogP contribution in [0.2, 0.25) is 0 Å². The third-order valence-electron chi connectivity index (χ3n) is 3.58. The van der Waals surface area contributed by atoms with Crippen molar-refractivity contribution in [3.05, 3.63) is 62.0 Å². The molecular formula is C17H14BrNO3S. The normalized spacial score (nSPS) is 10.9. The molecule has 0 atom stereocenters. The van der Waals surface area contributed by atoms with E-state index in [-0.39, 0.29) is 5.78 Å². The van der Waals surface area contributed by atoms with Crippen LogP contribution >= 0.6 is 27.3 Å². The molecule has 3 aromatic rings. The monoisotopic (exact) mass is 391 g/mol. The molecule has 0 aromatic carbocycles. The Bertz CT molecular complexity index is 910. The predicted molar refractivity (Wildman–Crippen MR) is 93.5 cm³/mol. The molecule has 0 N–H and O–H groups in total. The van der Waals surface area contributed by atoms with Gasteiger partial charge in [-0.25, -0.2) is 4.79 Å². The Morgan fingerprint density at radius 2 is 2.09 bits per heavy atom. The fraction of sp³-hybridized carbons (Fsp3) is 0.176. The number of thiophene rings is 1. The van der Waals surface area contributed by atoms with Crippen LogP contribution in [0.4, 0.5) is 0 Å². The summed E-state index contributed by atoms with van der Waals surface area (Å²) in [5.74, 6) is -0.513. The van der Waals surface area contributed by atoms with Crippen molar-refractivity contribution < 1.29 is 14.3 Å². The minimum Gasteiger partial charge on any atom is -0.462 e. The number of rotatable bonds is 4. The van der Waals surface area contributed by atoms with Gasteiger partial charge in [-0.3, -0.25) is 4.79 Å². The number of hydrogen-bond acceptors (Lipinski definition) is 4. The van der Waals surface area contributed by atoms with E-state index < -0.39 is 5.97 Å². The first-order chi connectivity index (χ1) is 11.0. The van der Waals surface area contributed by atoms with Crippen molar-refractivity contribution in [1.82, 2.24) is 4.40 Å². The summed E-state index contributed by atoms with van der Waals surface area (Å²) < 4.78 is 7.82. The van der Waals surface area contributed by atoms with Crippen LogP contribution in [0.25, 0.3) is 5.52 Å². The smallest absolute Gasteiger partial charge is 0.338 e. The average molecular weight is 392 g/mol. The molecule has 6 heteroatoms. The first-order valence-corrected chi connectivity index (χ1v) is 8.71. The maximum absolute atomic E-state index is 12.9. The quantitative estimate of drug-likeness (QED) is 0.486. The molecule has 0 aliphatic carbocycles. The number of ketones is 1. The van der Waals surface area contributed by atoms with Gasteiger partial charge in [0.15, 0.2) is 0 Å². The van der Waals surface area contributed by atoms with Crippen molar-refractivity contribution in [2.75, 3.05) is 6.61 Å². The van der Waals surface area contributed by atoms with E-state index in [0.29, 0.717) is 28.3 Å². The van der Waals surface area contributed by atoms with Gasteiger partial charge in [0.05, 0.1) is 26.5 Å². The maximum Gasteiger partial charge on any atom is 0.338 e. The van der Waals surface area contributed by atoms with Gasteiger partial charge < -0.3 is 9.14 Å². The molecule has 0 saturated heterocycles. The molecule has 3 rings (SSSR count). The number of carbonyl (C=O) groups excluding carboxylic acids is 2. The van der Waals surface area contributed by atoms with E-state index in [1.165, 1.54) is 11.3 Å². The molecule has 4 nitrogen and oxygen atoms in total. The van der Waals surface area contributed by atoms with Crippen LogP contribution in [0.3, 0.4) is 0 Å². The lowest BCUT2D eigenvalue weighted by atomic mass is 10.0. The summed E-state index contributed by atoms with van der Waals surface area (Å²) in [7, 11) is 0. The number of hydrogen-bond donors (Lipinski definition) is 0.